The number of hydrogen-bond donors (Lipinski definition) is 3. The average Bonchev–Trinajstić information content (AvgIpc) is 2.08. The molecule has 0 aliphatic carbocycles. The van der Waals surface area contributed by atoms with Crippen LogP contribution in [-0.4, -0.2) is 30.4 Å². The zero-order valence-corrected chi connectivity index (χ0v) is 10.8. The van der Waals surface area contributed by atoms with E-state index in [-0.39, 0.29) is 11.8 Å². The molecule has 0 saturated carbocycles. The largest absolute Gasteiger partial charge is 0.354 e. The molecule has 0 bridgehead atoms. The van der Waals surface area contributed by atoms with Gasteiger partial charge in [-0.2, -0.15) is 0 Å². The molecular formula is C11H23N3O2. The maximum Gasteiger partial charge on any atom is 0.239 e. The first-order valence-corrected chi connectivity index (χ1v) is 5.40. The average molecular weight is 229 g/mol. The summed E-state index contributed by atoms with van der Waals surface area (Å²) in [5.74, 6) is -0.258. The Kier molecular flexibility index (Phi) is 4.93. The van der Waals surface area contributed by atoms with Gasteiger partial charge in [0.15, 0.2) is 0 Å². The molecule has 5 nitrogen and oxygen atoms in total. The molecule has 0 aliphatic rings. The van der Waals surface area contributed by atoms with E-state index in [9.17, 15) is 9.59 Å². The molecule has 0 aliphatic heterocycles. The second-order valence-corrected chi connectivity index (χ2v) is 5.48. The van der Waals surface area contributed by atoms with Gasteiger partial charge in [0.05, 0.1) is 5.54 Å². The molecule has 4 N–H and O–H groups in total. The second-order valence-electron chi connectivity index (χ2n) is 5.48. The van der Waals surface area contributed by atoms with Crippen molar-refractivity contribution in [2.45, 2.75) is 40.2 Å². The van der Waals surface area contributed by atoms with E-state index in [0.29, 0.717) is 13.1 Å². The van der Waals surface area contributed by atoms with Crippen molar-refractivity contribution in [2.75, 3.05) is 13.1 Å². The lowest BCUT2D eigenvalue weighted by Crippen LogP contribution is -2.50. The van der Waals surface area contributed by atoms with Crippen molar-refractivity contribution < 1.29 is 9.59 Å². The number of nitrogens with two attached hydrogens (primary N) is 1. The van der Waals surface area contributed by atoms with E-state index in [1.165, 1.54) is 0 Å². The number of rotatable bonds is 4. The van der Waals surface area contributed by atoms with Crippen molar-refractivity contribution in [3.63, 3.8) is 0 Å². The Morgan fingerprint density at radius 2 is 1.31 bits per heavy atom. The zero-order valence-electron chi connectivity index (χ0n) is 10.8. The predicted octanol–water partition coefficient (Wildman–Crippen LogP) is 0.00220. The summed E-state index contributed by atoms with van der Waals surface area (Å²) in [7, 11) is 0. The maximum atomic E-state index is 11.5. The van der Waals surface area contributed by atoms with E-state index in [2.05, 4.69) is 10.6 Å². The molecule has 0 atom stereocenters. The summed E-state index contributed by atoms with van der Waals surface area (Å²) in [4.78, 5) is 22.8. The predicted molar refractivity (Wildman–Crippen MR) is 63.7 cm³/mol. The molecular weight excluding hydrogens is 206 g/mol. The molecule has 0 unspecified atom stereocenters. The van der Waals surface area contributed by atoms with Crippen molar-refractivity contribution in [3.8, 4) is 0 Å². The van der Waals surface area contributed by atoms with Crippen LogP contribution in [0.1, 0.15) is 34.6 Å². The summed E-state index contributed by atoms with van der Waals surface area (Å²) in [6.07, 6.45) is 0. The van der Waals surface area contributed by atoms with E-state index in [0.717, 1.165) is 0 Å². The van der Waals surface area contributed by atoms with Crippen LogP contribution in [0.4, 0.5) is 0 Å². The molecule has 0 radical (unpaired) electrons. The van der Waals surface area contributed by atoms with Crippen LogP contribution in [0.3, 0.4) is 0 Å². The highest BCUT2D eigenvalue weighted by Crippen LogP contribution is 2.11. The van der Waals surface area contributed by atoms with Gasteiger partial charge in [0, 0.05) is 18.5 Å². The minimum Gasteiger partial charge on any atom is -0.354 e. The maximum absolute atomic E-state index is 11.5. The van der Waals surface area contributed by atoms with E-state index < -0.39 is 11.0 Å². The Morgan fingerprint density at radius 3 is 1.62 bits per heavy atom. The number of carbonyl (C=O) groups excluding carboxylic acids is 2. The second kappa shape index (κ2) is 5.30. The third-order valence-electron chi connectivity index (χ3n) is 1.96. The first-order valence-electron chi connectivity index (χ1n) is 5.40. The lowest BCUT2D eigenvalue weighted by molar-refractivity contribution is -0.129. The molecule has 0 heterocycles. The third-order valence-corrected chi connectivity index (χ3v) is 1.96. The summed E-state index contributed by atoms with van der Waals surface area (Å²) in [6, 6.07) is 0. The summed E-state index contributed by atoms with van der Waals surface area (Å²) < 4.78 is 0. The minimum absolute atomic E-state index is 0.0336. The summed E-state index contributed by atoms with van der Waals surface area (Å²) in [6.45, 7) is 9.59. The molecule has 0 rings (SSSR count). The number of hydrogen-bond acceptors (Lipinski definition) is 3. The van der Waals surface area contributed by atoms with Crippen LogP contribution < -0.4 is 16.4 Å². The Labute approximate surface area is 97.2 Å². The van der Waals surface area contributed by atoms with Gasteiger partial charge in [-0.05, 0) is 13.8 Å². The Morgan fingerprint density at radius 1 is 0.938 bits per heavy atom. The standard InChI is InChI=1S/C11H23N3O2/c1-10(2,3)8(15)13-6-7-14-9(16)11(4,5)12/h6-7,12H2,1-5H3,(H,13,15)(H,14,16). The fourth-order valence-corrected chi connectivity index (χ4v) is 0.845. The monoisotopic (exact) mass is 229 g/mol. The first-order chi connectivity index (χ1) is 7.05. The zero-order chi connectivity index (χ0) is 13.0. The van der Waals surface area contributed by atoms with Crippen molar-refractivity contribution in [1.82, 2.24) is 10.6 Å². The van der Waals surface area contributed by atoms with Crippen molar-refractivity contribution in [1.29, 1.82) is 0 Å². The van der Waals surface area contributed by atoms with Crippen LogP contribution in [0.5, 0.6) is 0 Å². The molecule has 0 aromatic carbocycles. The number of nitrogens with one attached hydrogen (secondary N) is 2. The first kappa shape index (κ1) is 14.9. The van der Waals surface area contributed by atoms with E-state index >= 15 is 0 Å². The SMILES string of the molecule is CC(C)(C)C(=O)NCCNC(=O)C(C)(C)N. The van der Waals surface area contributed by atoms with Crippen molar-refractivity contribution in [2.24, 2.45) is 11.1 Å². The highest BCUT2D eigenvalue weighted by Gasteiger charge is 2.22. The summed E-state index contributed by atoms with van der Waals surface area (Å²) in [5, 5.41) is 5.39. The van der Waals surface area contributed by atoms with Gasteiger partial charge < -0.3 is 16.4 Å². The lowest BCUT2D eigenvalue weighted by Gasteiger charge is -2.20. The topological polar surface area (TPSA) is 84.2 Å². The molecule has 5 heteroatoms. The highest BCUT2D eigenvalue weighted by atomic mass is 16.2. The van der Waals surface area contributed by atoms with Crippen molar-refractivity contribution >= 4 is 11.8 Å². The Hall–Kier alpha value is -1.10. The Balaban J connectivity index is 3.79. The van der Waals surface area contributed by atoms with Gasteiger partial charge in [-0.25, -0.2) is 0 Å². The van der Waals surface area contributed by atoms with Crippen LogP contribution in [0.2, 0.25) is 0 Å². The molecule has 0 saturated heterocycles. The van der Waals surface area contributed by atoms with E-state index in [1.54, 1.807) is 13.8 Å². The van der Waals surface area contributed by atoms with Gasteiger partial charge in [0.2, 0.25) is 11.8 Å². The van der Waals surface area contributed by atoms with Gasteiger partial charge >= 0.3 is 0 Å². The molecule has 2 amide bonds. The molecule has 0 aromatic heterocycles. The van der Waals surface area contributed by atoms with Crippen molar-refractivity contribution in [3.05, 3.63) is 0 Å². The normalized spacial score (nSPS) is 12.1. The van der Waals surface area contributed by atoms with E-state index in [4.69, 9.17) is 5.73 Å². The van der Waals surface area contributed by atoms with Crippen LogP contribution in [0.25, 0.3) is 0 Å². The van der Waals surface area contributed by atoms with Gasteiger partial charge in [0.1, 0.15) is 0 Å². The summed E-state index contributed by atoms with van der Waals surface area (Å²) >= 11 is 0. The number of carbonyl (C=O) groups is 2. The van der Waals surface area contributed by atoms with Crippen LogP contribution in [-0.2, 0) is 9.59 Å². The highest BCUT2D eigenvalue weighted by molar-refractivity contribution is 5.85. The smallest absolute Gasteiger partial charge is 0.239 e. The third kappa shape index (κ3) is 5.70. The van der Waals surface area contributed by atoms with Crippen LogP contribution >= 0.6 is 0 Å². The number of amides is 2. The molecule has 0 spiro atoms. The quantitative estimate of drug-likeness (QED) is 0.593. The Bertz CT molecular complexity index is 233. The molecule has 94 valence electrons. The van der Waals surface area contributed by atoms with Crippen LogP contribution in [0.15, 0.2) is 0 Å². The van der Waals surface area contributed by atoms with E-state index in [1.807, 2.05) is 20.8 Å². The van der Waals surface area contributed by atoms with Gasteiger partial charge in [-0.15, -0.1) is 0 Å². The lowest BCUT2D eigenvalue weighted by atomic mass is 9.96. The molecule has 0 aromatic rings. The minimum atomic E-state index is -0.881. The van der Waals surface area contributed by atoms with Gasteiger partial charge in [0.25, 0.3) is 0 Å². The molecule has 16 heavy (non-hydrogen) atoms. The molecule has 0 fully saturated rings. The van der Waals surface area contributed by atoms with Gasteiger partial charge in [-0.3, -0.25) is 9.59 Å². The summed E-state index contributed by atoms with van der Waals surface area (Å²) in [5.41, 5.74) is 4.30. The van der Waals surface area contributed by atoms with Crippen LogP contribution in [0, 0.1) is 5.41 Å². The fourth-order valence-electron chi connectivity index (χ4n) is 0.845. The fraction of sp³-hybridized carbons (Fsp3) is 0.818. The van der Waals surface area contributed by atoms with Gasteiger partial charge in [-0.1, -0.05) is 20.8 Å².